The van der Waals surface area contributed by atoms with E-state index in [2.05, 4.69) is 15.9 Å². The summed E-state index contributed by atoms with van der Waals surface area (Å²) in [5.74, 6) is -6.39. The van der Waals surface area contributed by atoms with Gasteiger partial charge in [-0.05, 0) is 47.9 Å². The fourth-order valence-corrected chi connectivity index (χ4v) is 4.16. The highest BCUT2D eigenvalue weighted by Crippen LogP contribution is 2.34. The normalized spacial score (nSPS) is 10.4. The van der Waals surface area contributed by atoms with Gasteiger partial charge in [-0.3, -0.25) is 10.1 Å². The number of carboxylic acid groups (broad SMARTS) is 4. The number of aromatic carboxylic acids is 4. The minimum atomic E-state index is -1.55. The van der Waals surface area contributed by atoms with E-state index < -0.39 is 56.5 Å². The molecule has 224 valence electrons. The van der Waals surface area contributed by atoms with E-state index in [0.717, 1.165) is 0 Å². The van der Waals surface area contributed by atoms with Gasteiger partial charge < -0.3 is 26.2 Å². The van der Waals surface area contributed by atoms with Gasteiger partial charge in [-0.25, -0.2) is 24.0 Å². The molecule has 0 aliphatic carbocycles. The summed E-state index contributed by atoms with van der Waals surface area (Å²) in [6, 6.07) is 4.63. The summed E-state index contributed by atoms with van der Waals surface area (Å²) in [6.07, 6.45) is 1.73. The molecule has 0 aliphatic heterocycles. The van der Waals surface area contributed by atoms with Gasteiger partial charge >= 0.3 is 29.9 Å². The summed E-state index contributed by atoms with van der Waals surface area (Å²) in [5, 5.41) is 40.4. The minimum absolute atomic E-state index is 0. The Labute approximate surface area is 250 Å². The van der Waals surface area contributed by atoms with Crippen LogP contribution in [0.3, 0.4) is 0 Å². The number of aryl methyl sites for hydroxylation is 2. The van der Waals surface area contributed by atoms with Crippen molar-refractivity contribution in [3.8, 4) is 11.1 Å². The van der Waals surface area contributed by atoms with Gasteiger partial charge in [0.2, 0.25) is 5.91 Å². The molecule has 7 N–H and O–H groups in total. The molecule has 0 heterocycles. The third-order valence-corrected chi connectivity index (χ3v) is 7.74. The molecule has 14 heteroatoms. The van der Waals surface area contributed by atoms with Crippen LogP contribution in [0.4, 0.5) is 4.79 Å². The molecule has 3 amide bonds. The lowest BCUT2D eigenvalue weighted by Gasteiger charge is -2.21. The summed E-state index contributed by atoms with van der Waals surface area (Å²) in [4.78, 5) is 68.8. The van der Waals surface area contributed by atoms with E-state index in [-0.39, 0.29) is 53.4 Å². The lowest BCUT2D eigenvalue weighted by molar-refractivity contribution is -0.122. The van der Waals surface area contributed by atoms with Crippen LogP contribution >= 0.6 is 28.3 Å². The van der Waals surface area contributed by atoms with Crippen molar-refractivity contribution in [3.63, 3.8) is 0 Å². The number of hydrogen-bond acceptors (Lipinski definition) is 6. The van der Waals surface area contributed by atoms with Crippen LogP contribution in [0.25, 0.3) is 11.1 Å². The highest BCUT2D eigenvalue weighted by molar-refractivity contribution is 9.10. The summed E-state index contributed by atoms with van der Waals surface area (Å²) >= 11 is 3.26. The molecule has 12 nitrogen and oxygen atoms in total. The molecule has 0 saturated heterocycles. The first kappa shape index (κ1) is 37.0. The Hall–Kier alpha value is -3.97. The fraction of sp³-hybridized carbons (Fsp3) is 0.333. The second kappa shape index (κ2) is 15.7. The van der Waals surface area contributed by atoms with Crippen LogP contribution in [0.1, 0.15) is 93.1 Å². The standard InChI is InChI=1S/C20H18O8.C7H13BrN2O2.ClH/c1-3-9-5-7-11(15(19(25)26)13(9)17(21)22)12-8-6-10(4-2)14(18(23)24)16(12)20(27)28;1-3-7(8,4-2)5(11)10-6(9)12;/h5-8H,3-4H2,1-2H3,(H,21,22)(H,23,24)(H,25,26)(H,27,28);3-4H2,1-2H3,(H3,9,10,11,12);1H. The van der Waals surface area contributed by atoms with Gasteiger partial charge in [-0.15, -0.1) is 12.4 Å². The average Bonchev–Trinajstić information content (AvgIpc) is 2.90. The molecule has 2 rings (SSSR count). The van der Waals surface area contributed by atoms with Crippen molar-refractivity contribution >= 4 is 64.2 Å². The van der Waals surface area contributed by atoms with Gasteiger partial charge in [0, 0.05) is 0 Å². The van der Waals surface area contributed by atoms with Crippen molar-refractivity contribution in [1.82, 2.24) is 5.32 Å². The van der Waals surface area contributed by atoms with Crippen molar-refractivity contribution < 1.29 is 49.2 Å². The number of nitrogens with two attached hydrogens (primary N) is 1. The average molecular weight is 660 g/mol. The predicted octanol–water partition coefficient (Wildman–Crippen LogP) is 4.83. The van der Waals surface area contributed by atoms with Crippen molar-refractivity contribution in [3.05, 3.63) is 57.6 Å². The van der Waals surface area contributed by atoms with E-state index in [9.17, 15) is 49.2 Å². The number of nitrogens with one attached hydrogen (secondary N) is 1. The van der Waals surface area contributed by atoms with Gasteiger partial charge in [-0.1, -0.05) is 67.9 Å². The van der Waals surface area contributed by atoms with E-state index in [1.807, 2.05) is 19.2 Å². The van der Waals surface area contributed by atoms with Crippen molar-refractivity contribution in [2.75, 3.05) is 0 Å². The monoisotopic (exact) mass is 658 g/mol. The number of benzene rings is 2. The third kappa shape index (κ3) is 8.51. The molecular formula is C27H32BrClN2O10. The number of carbonyl (C=O) groups excluding carboxylic acids is 2. The summed E-state index contributed by atoms with van der Waals surface area (Å²) in [5.41, 5.74) is 2.99. The summed E-state index contributed by atoms with van der Waals surface area (Å²) in [6.45, 7) is 7.04. The molecular weight excluding hydrogens is 628 g/mol. The van der Waals surface area contributed by atoms with E-state index in [1.54, 1.807) is 13.8 Å². The number of alkyl halides is 1. The maximum atomic E-state index is 11.9. The smallest absolute Gasteiger partial charge is 0.337 e. The largest absolute Gasteiger partial charge is 0.478 e. The Balaban J connectivity index is 0.00000104. The van der Waals surface area contributed by atoms with E-state index in [0.29, 0.717) is 12.8 Å². The first-order valence-corrected chi connectivity index (χ1v) is 13.0. The maximum Gasteiger partial charge on any atom is 0.337 e. The van der Waals surface area contributed by atoms with Crippen molar-refractivity contribution in [1.29, 1.82) is 0 Å². The molecule has 0 spiro atoms. The number of rotatable bonds is 10. The zero-order valence-corrected chi connectivity index (χ0v) is 25.1. The van der Waals surface area contributed by atoms with Crippen LogP contribution in [0.15, 0.2) is 24.3 Å². The summed E-state index contributed by atoms with van der Waals surface area (Å²) < 4.78 is -0.665. The second-order valence-corrected chi connectivity index (χ2v) is 9.98. The highest BCUT2D eigenvalue weighted by atomic mass is 79.9. The molecule has 2 aromatic rings. The van der Waals surface area contributed by atoms with Crippen LogP contribution in [0.5, 0.6) is 0 Å². The number of primary amides is 1. The van der Waals surface area contributed by atoms with Gasteiger partial charge in [0.05, 0.1) is 22.3 Å². The molecule has 0 atom stereocenters. The molecule has 0 unspecified atom stereocenters. The number of halogens is 2. The first-order valence-electron chi connectivity index (χ1n) is 12.2. The lowest BCUT2D eigenvalue weighted by Crippen LogP contribution is -2.46. The number of urea groups is 1. The number of carboxylic acids is 4. The van der Waals surface area contributed by atoms with Gasteiger partial charge in [0.25, 0.3) is 0 Å². The van der Waals surface area contributed by atoms with Crippen LogP contribution in [0, 0.1) is 0 Å². The SMILES string of the molecule is CCC(Br)(CC)C(=O)NC(N)=O.CCc1ccc(-c2ccc(CC)c(C(=O)O)c2C(=O)O)c(C(=O)O)c1C(=O)O.Cl. The topological polar surface area (TPSA) is 221 Å². The molecule has 0 aromatic heterocycles. The van der Waals surface area contributed by atoms with E-state index in [4.69, 9.17) is 5.73 Å². The Kier molecular flexibility index (Phi) is 14.2. The number of hydrogen-bond donors (Lipinski definition) is 6. The Morgan fingerprint density at radius 3 is 1.22 bits per heavy atom. The van der Waals surface area contributed by atoms with Crippen molar-refractivity contribution in [2.24, 2.45) is 5.73 Å². The van der Waals surface area contributed by atoms with Gasteiger partial charge in [0.15, 0.2) is 0 Å². The van der Waals surface area contributed by atoms with Crippen LogP contribution in [-0.4, -0.2) is 60.6 Å². The molecule has 0 fully saturated rings. The fourth-order valence-electron chi connectivity index (χ4n) is 4.06. The zero-order valence-electron chi connectivity index (χ0n) is 22.7. The minimum Gasteiger partial charge on any atom is -0.478 e. The number of imide groups is 1. The van der Waals surface area contributed by atoms with Gasteiger partial charge in [-0.2, -0.15) is 0 Å². The Bertz CT molecular complexity index is 1270. The van der Waals surface area contributed by atoms with Crippen LogP contribution in [0.2, 0.25) is 0 Å². The highest BCUT2D eigenvalue weighted by Gasteiger charge is 2.32. The number of carbonyl (C=O) groups is 6. The lowest BCUT2D eigenvalue weighted by atomic mass is 9.86. The maximum absolute atomic E-state index is 11.9. The quantitative estimate of drug-likeness (QED) is 0.191. The van der Waals surface area contributed by atoms with E-state index in [1.165, 1.54) is 24.3 Å². The predicted molar refractivity (Wildman–Crippen MR) is 156 cm³/mol. The summed E-state index contributed by atoms with van der Waals surface area (Å²) in [7, 11) is 0. The van der Waals surface area contributed by atoms with E-state index >= 15 is 0 Å². The molecule has 0 bridgehead atoms. The van der Waals surface area contributed by atoms with Crippen LogP contribution in [-0.2, 0) is 17.6 Å². The molecule has 2 aromatic carbocycles. The first-order chi connectivity index (χ1) is 18.6. The number of amides is 3. The van der Waals surface area contributed by atoms with Crippen molar-refractivity contribution in [2.45, 2.75) is 57.7 Å². The third-order valence-electron chi connectivity index (χ3n) is 6.26. The van der Waals surface area contributed by atoms with Crippen LogP contribution < -0.4 is 11.1 Å². The molecule has 0 radical (unpaired) electrons. The molecule has 0 saturated carbocycles. The Morgan fingerprint density at radius 2 is 1.00 bits per heavy atom. The zero-order chi connectivity index (χ0) is 30.9. The molecule has 0 aliphatic rings. The van der Waals surface area contributed by atoms with Gasteiger partial charge in [0.1, 0.15) is 4.32 Å². The molecule has 41 heavy (non-hydrogen) atoms. The second-order valence-electron chi connectivity index (χ2n) is 8.46. The Morgan fingerprint density at radius 1 is 0.683 bits per heavy atom.